The number of aromatic amines is 1. The Hall–Kier alpha value is -4.04. The third kappa shape index (κ3) is 5.13. The number of carbonyl (C=O) groups excluding carboxylic acids is 2. The van der Waals surface area contributed by atoms with Crippen LogP contribution in [0.1, 0.15) is 53.0 Å². The molecule has 3 heterocycles. The number of carbonyl (C=O) groups is 2. The minimum Gasteiger partial charge on any atom is -0.381 e. The molecule has 1 saturated heterocycles. The third-order valence-electron chi connectivity index (χ3n) is 6.60. The number of aromatic nitrogens is 3. The summed E-state index contributed by atoms with van der Waals surface area (Å²) in [6, 6.07) is 15.1. The zero-order valence-electron chi connectivity index (χ0n) is 20.4. The topological polar surface area (TPSA) is 109 Å². The first-order valence-electron chi connectivity index (χ1n) is 12.1. The van der Waals surface area contributed by atoms with Crippen molar-refractivity contribution in [3.05, 3.63) is 83.8 Å². The molecule has 1 aliphatic rings. The maximum Gasteiger partial charge on any atom is 0.251 e. The second kappa shape index (κ2) is 9.91. The van der Waals surface area contributed by atoms with E-state index in [0.717, 1.165) is 40.4 Å². The maximum atomic E-state index is 13.0. The molecule has 1 fully saturated rings. The smallest absolute Gasteiger partial charge is 0.251 e. The SMILES string of the molecule is CC(C)(NC(=O)c1ccc2[nH]ncc2c1)c1cncc(-c2cccc(C(=O)NC3CCOCC3)c2)c1. The molecule has 36 heavy (non-hydrogen) atoms. The Morgan fingerprint density at radius 1 is 0.944 bits per heavy atom. The highest BCUT2D eigenvalue weighted by Gasteiger charge is 2.25. The van der Waals surface area contributed by atoms with E-state index in [1.807, 2.05) is 56.3 Å². The van der Waals surface area contributed by atoms with E-state index < -0.39 is 5.54 Å². The van der Waals surface area contributed by atoms with Gasteiger partial charge in [-0.15, -0.1) is 0 Å². The van der Waals surface area contributed by atoms with Gasteiger partial charge in [0.05, 0.1) is 17.3 Å². The molecule has 0 saturated carbocycles. The van der Waals surface area contributed by atoms with Gasteiger partial charge in [0.15, 0.2) is 0 Å². The van der Waals surface area contributed by atoms with Crippen LogP contribution in [-0.2, 0) is 10.3 Å². The molecule has 1 aliphatic heterocycles. The summed E-state index contributed by atoms with van der Waals surface area (Å²) in [5, 5.41) is 14.0. The molecule has 0 unspecified atom stereocenters. The first-order valence-corrected chi connectivity index (χ1v) is 12.1. The van der Waals surface area contributed by atoms with E-state index in [2.05, 4.69) is 25.8 Å². The van der Waals surface area contributed by atoms with Crippen LogP contribution in [0.2, 0.25) is 0 Å². The highest BCUT2D eigenvalue weighted by atomic mass is 16.5. The Labute approximate surface area is 209 Å². The van der Waals surface area contributed by atoms with Gasteiger partial charge >= 0.3 is 0 Å². The van der Waals surface area contributed by atoms with Crippen LogP contribution in [-0.4, -0.2) is 46.3 Å². The number of fused-ring (bicyclic) bond motifs is 1. The van der Waals surface area contributed by atoms with Crippen molar-refractivity contribution in [2.45, 2.75) is 38.3 Å². The molecule has 3 N–H and O–H groups in total. The van der Waals surface area contributed by atoms with Crippen molar-refractivity contribution in [1.29, 1.82) is 0 Å². The number of ether oxygens (including phenoxy) is 1. The molecule has 5 rings (SSSR count). The Morgan fingerprint density at radius 2 is 1.75 bits per heavy atom. The summed E-state index contributed by atoms with van der Waals surface area (Å²) in [6.07, 6.45) is 6.87. The molecule has 4 aromatic rings. The number of pyridine rings is 1. The van der Waals surface area contributed by atoms with Crippen LogP contribution in [0, 0.1) is 0 Å². The van der Waals surface area contributed by atoms with Gasteiger partial charge in [-0.1, -0.05) is 12.1 Å². The lowest BCUT2D eigenvalue weighted by Gasteiger charge is -2.27. The number of nitrogens with one attached hydrogen (secondary N) is 3. The second-order valence-electron chi connectivity index (χ2n) is 9.65. The molecule has 0 aliphatic carbocycles. The summed E-state index contributed by atoms with van der Waals surface area (Å²) in [6.45, 7) is 5.24. The molecular weight excluding hydrogens is 454 g/mol. The number of H-pyrrole nitrogens is 1. The quantitative estimate of drug-likeness (QED) is 0.381. The largest absolute Gasteiger partial charge is 0.381 e. The van der Waals surface area contributed by atoms with Crippen LogP contribution in [0.3, 0.4) is 0 Å². The Bertz CT molecular complexity index is 1410. The van der Waals surface area contributed by atoms with Gasteiger partial charge in [-0.05, 0) is 74.2 Å². The van der Waals surface area contributed by atoms with E-state index in [4.69, 9.17) is 4.74 Å². The van der Waals surface area contributed by atoms with Crippen LogP contribution >= 0.6 is 0 Å². The van der Waals surface area contributed by atoms with Crippen LogP contribution < -0.4 is 10.6 Å². The molecule has 0 atom stereocenters. The first-order chi connectivity index (χ1) is 17.4. The van der Waals surface area contributed by atoms with Crippen LogP contribution in [0.25, 0.3) is 22.0 Å². The fourth-order valence-electron chi connectivity index (χ4n) is 4.40. The van der Waals surface area contributed by atoms with Crippen molar-refractivity contribution in [3.63, 3.8) is 0 Å². The van der Waals surface area contributed by atoms with E-state index in [-0.39, 0.29) is 17.9 Å². The van der Waals surface area contributed by atoms with Gasteiger partial charge in [0.1, 0.15) is 0 Å². The van der Waals surface area contributed by atoms with Crippen LogP contribution in [0.15, 0.2) is 67.1 Å². The lowest BCUT2D eigenvalue weighted by Crippen LogP contribution is -2.41. The van der Waals surface area contributed by atoms with Gasteiger partial charge in [-0.3, -0.25) is 19.7 Å². The summed E-state index contributed by atoms with van der Waals surface area (Å²) in [7, 11) is 0. The van der Waals surface area contributed by atoms with E-state index in [1.54, 1.807) is 24.7 Å². The predicted molar refractivity (Wildman–Crippen MR) is 138 cm³/mol. The zero-order chi connectivity index (χ0) is 25.1. The van der Waals surface area contributed by atoms with Crippen LogP contribution in [0.4, 0.5) is 0 Å². The van der Waals surface area contributed by atoms with Crippen molar-refractivity contribution >= 4 is 22.7 Å². The van der Waals surface area contributed by atoms with Crippen molar-refractivity contribution in [1.82, 2.24) is 25.8 Å². The van der Waals surface area contributed by atoms with Crippen LogP contribution in [0.5, 0.6) is 0 Å². The molecule has 8 heteroatoms. The van der Waals surface area contributed by atoms with Gasteiger partial charge in [-0.2, -0.15) is 5.10 Å². The lowest BCUT2D eigenvalue weighted by molar-refractivity contribution is 0.0696. The molecular formula is C28H29N5O3. The molecule has 184 valence electrons. The molecule has 0 radical (unpaired) electrons. The normalized spacial score (nSPS) is 14.5. The van der Waals surface area contributed by atoms with Gasteiger partial charge in [0.2, 0.25) is 0 Å². The number of hydrogen-bond donors (Lipinski definition) is 3. The van der Waals surface area contributed by atoms with Gasteiger partial charge in [-0.25, -0.2) is 0 Å². The second-order valence-corrected chi connectivity index (χ2v) is 9.65. The third-order valence-corrected chi connectivity index (χ3v) is 6.60. The van der Waals surface area contributed by atoms with Crippen molar-refractivity contribution in [3.8, 4) is 11.1 Å². The number of amides is 2. The highest BCUT2D eigenvalue weighted by molar-refractivity contribution is 5.98. The minimum absolute atomic E-state index is 0.0879. The standard InChI is InChI=1S/C28H29N5O3/c1-28(2,32-27(35)20-6-7-25-22(13-20)16-30-33-25)23-14-21(15-29-17-23)18-4-3-5-19(12-18)26(34)31-24-8-10-36-11-9-24/h3-7,12-17,24H,8-11H2,1-2H3,(H,30,33)(H,31,34)(H,32,35). The Kier molecular flexibility index (Phi) is 6.52. The molecule has 2 aromatic heterocycles. The average Bonchev–Trinajstić information content (AvgIpc) is 3.37. The van der Waals surface area contributed by atoms with E-state index >= 15 is 0 Å². The molecule has 2 aromatic carbocycles. The number of nitrogens with zero attached hydrogens (tertiary/aromatic N) is 2. The molecule has 2 amide bonds. The first kappa shape index (κ1) is 23.7. The number of rotatable bonds is 6. The minimum atomic E-state index is -0.677. The fraction of sp³-hybridized carbons (Fsp3) is 0.286. The summed E-state index contributed by atoms with van der Waals surface area (Å²) >= 11 is 0. The van der Waals surface area contributed by atoms with E-state index in [1.165, 1.54) is 0 Å². The van der Waals surface area contributed by atoms with E-state index in [0.29, 0.717) is 24.3 Å². The van der Waals surface area contributed by atoms with Crippen molar-refractivity contribution < 1.29 is 14.3 Å². The highest BCUT2D eigenvalue weighted by Crippen LogP contribution is 2.27. The monoisotopic (exact) mass is 483 g/mol. The van der Waals surface area contributed by atoms with Gasteiger partial charge < -0.3 is 15.4 Å². The predicted octanol–water partition coefficient (Wildman–Crippen LogP) is 4.20. The summed E-state index contributed by atoms with van der Waals surface area (Å²) < 4.78 is 5.38. The fourth-order valence-corrected chi connectivity index (χ4v) is 4.40. The molecule has 0 bridgehead atoms. The zero-order valence-corrected chi connectivity index (χ0v) is 20.4. The Morgan fingerprint density at radius 3 is 2.58 bits per heavy atom. The molecule has 8 nitrogen and oxygen atoms in total. The van der Waals surface area contributed by atoms with Crippen molar-refractivity contribution in [2.75, 3.05) is 13.2 Å². The Balaban J connectivity index is 1.33. The van der Waals surface area contributed by atoms with E-state index in [9.17, 15) is 9.59 Å². The van der Waals surface area contributed by atoms with Crippen molar-refractivity contribution in [2.24, 2.45) is 0 Å². The summed E-state index contributed by atoms with van der Waals surface area (Å²) in [5.41, 5.74) is 3.98. The van der Waals surface area contributed by atoms with Gasteiger partial charge in [0.25, 0.3) is 11.8 Å². The van der Waals surface area contributed by atoms with Gasteiger partial charge in [0, 0.05) is 53.7 Å². The molecule has 0 spiro atoms. The summed E-state index contributed by atoms with van der Waals surface area (Å²) in [4.78, 5) is 30.3. The lowest BCUT2D eigenvalue weighted by atomic mass is 9.92. The average molecular weight is 484 g/mol. The number of benzene rings is 2. The summed E-state index contributed by atoms with van der Waals surface area (Å²) in [5.74, 6) is -0.268. The maximum absolute atomic E-state index is 13.0. The number of hydrogen-bond acceptors (Lipinski definition) is 5.